The number of carbonyl (C=O) groups excluding carboxylic acids is 2. The smallest absolute Gasteiger partial charge is 0.225 e. The zero-order valence-electron chi connectivity index (χ0n) is 10.8. The third-order valence-electron chi connectivity index (χ3n) is 4.72. The van der Waals surface area contributed by atoms with E-state index in [1.54, 1.807) is 0 Å². The molecule has 4 nitrogen and oxygen atoms in total. The van der Waals surface area contributed by atoms with Crippen molar-refractivity contribution in [2.24, 2.45) is 17.8 Å². The second-order valence-corrected chi connectivity index (χ2v) is 5.83. The van der Waals surface area contributed by atoms with E-state index in [0.29, 0.717) is 19.0 Å². The number of nitrogens with zero attached hydrogens (tertiary/aromatic N) is 1. The Balaban J connectivity index is 1.66. The van der Waals surface area contributed by atoms with E-state index in [1.165, 1.54) is 6.42 Å². The summed E-state index contributed by atoms with van der Waals surface area (Å²) < 4.78 is 5.28. The predicted octanol–water partition coefficient (Wildman–Crippen LogP) is 1.24. The largest absolute Gasteiger partial charge is 0.378 e. The highest BCUT2D eigenvalue weighted by molar-refractivity contribution is 5.88. The average molecular weight is 251 g/mol. The lowest BCUT2D eigenvalue weighted by atomic mass is 9.67. The van der Waals surface area contributed by atoms with Gasteiger partial charge < -0.3 is 9.64 Å². The zero-order valence-corrected chi connectivity index (χ0v) is 10.8. The first kappa shape index (κ1) is 12.2. The molecule has 0 aromatic heterocycles. The summed E-state index contributed by atoms with van der Waals surface area (Å²) in [4.78, 5) is 26.4. The number of fused-ring (bicyclic) bond motifs is 2. The maximum absolute atomic E-state index is 12.5. The van der Waals surface area contributed by atoms with Gasteiger partial charge in [-0.15, -0.1) is 0 Å². The molecule has 1 aliphatic heterocycles. The number of ether oxygens (including phenoxy) is 1. The van der Waals surface area contributed by atoms with Crippen molar-refractivity contribution >= 4 is 11.7 Å². The molecule has 1 amide bonds. The van der Waals surface area contributed by atoms with Crippen molar-refractivity contribution < 1.29 is 14.3 Å². The van der Waals surface area contributed by atoms with Crippen molar-refractivity contribution in [1.82, 2.24) is 4.90 Å². The molecule has 0 unspecified atom stereocenters. The Morgan fingerprint density at radius 2 is 1.72 bits per heavy atom. The molecule has 0 spiro atoms. The van der Waals surface area contributed by atoms with E-state index in [-0.39, 0.29) is 23.7 Å². The number of hydrogen-bond acceptors (Lipinski definition) is 3. The summed E-state index contributed by atoms with van der Waals surface area (Å²) in [5, 5.41) is 0. The van der Waals surface area contributed by atoms with Gasteiger partial charge >= 0.3 is 0 Å². The van der Waals surface area contributed by atoms with Crippen LogP contribution in [-0.2, 0) is 14.3 Å². The first-order chi connectivity index (χ1) is 8.75. The highest BCUT2D eigenvalue weighted by atomic mass is 16.5. The Kier molecular flexibility index (Phi) is 3.37. The van der Waals surface area contributed by atoms with Gasteiger partial charge in [-0.2, -0.15) is 0 Å². The molecule has 18 heavy (non-hydrogen) atoms. The van der Waals surface area contributed by atoms with Crippen molar-refractivity contribution in [3.8, 4) is 0 Å². The molecule has 2 aliphatic carbocycles. The third-order valence-corrected chi connectivity index (χ3v) is 4.72. The van der Waals surface area contributed by atoms with Crippen molar-refractivity contribution in [2.75, 3.05) is 26.3 Å². The molecule has 2 saturated carbocycles. The van der Waals surface area contributed by atoms with Gasteiger partial charge in [0.15, 0.2) is 0 Å². The Morgan fingerprint density at radius 3 is 2.33 bits per heavy atom. The van der Waals surface area contributed by atoms with Crippen LogP contribution in [-0.4, -0.2) is 42.9 Å². The van der Waals surface area contributed by atoms with E-state index in [1.807, 2.05) is 4.90 Å². The number of morpholine rings is 1. The maximum atomic E-state index is 12.5. The van der Waals surface area contributed by atoms with E-state index < -0.39 is 0 Å². The molecule has 0 aromatic rings. The molecule has 2 bridgehead atoms. The van der Waals surface area contributed by atoms with Crippen molar-refractivity contribution in [3.05, 3.63) is 0 Å². The zero-order chi connectivity index (χ0) is 12.5. The summed E-state index contributed by atoms with van der Waals surface area (Å²) in [6.45, 7) is 2.76. The topological polar surface area (TPSA) is 46.6 Å². The molecule has 3 rings (SSSR count). The fraction of sp³-hybridized carbons (Fsp3) is 0.857. The number of carbonyl (C=O) groups is 2. The summed E-state index contributed by atoms with van der Waals surface area (Å²) in [5.41, 5.74) is 0. The quantitative estimate of drug-likeness (QED) is 0.704. The first-order valence-electron chi connectivity index (χ1n) is 7.16. The van der Waals surface area contributed by atoms with Crippen LogP contribution >= 0.6 is 0 Å². The van der Waals surface area contributed by atoms with E-state index >= 15 is 0 Å². The minimum Gasteiger partial charge on any atom is -0.378 e. The molecule has 1 heterocycles. The summed E-state index contributed by atoms with van der Waals surface area (Å²) in [6.07, 6.45) is 4.76. The van der Waals surface area contributed by atoms with Crippen LogP contribution in [0.3, 0.4) is 0 Å². The molecule has 2 atom stereocenters. The van der Waals surface area contributed by atoms with Crippen molar-refractivity contribution in [1.29, 1.82) is 0 Å². The van der Waals surface area contributed by atoms with Crippen LogP contribution in [0.15, 0.2) is 0 Å². The number of amides is 1. The van der Waals surface area contributed by atoms with Crippen LogP contribution in [0.1, 0.15) is 32.1 Å². The molecule has 0 N–H and O–H groups in total. The van der Waals surface area contributed by atoms with Crippen LogP contribution in [0.4, 0.5) is 0 Å². The fourth-order valence-corrected chi connectivity index (χ4v) is 3.72. The molecule has 3 aliphatic rings. The van der Waals surface area contributed by atoms with Gasteiger partial charge in [0.2, 0.25) is 5.91 Å². The number of rotatable bonds is 1. The van der Waals surface area contributed by atoms with Gasteiger partial charge in [0.1, 0.15) is 5.78 Å². The maximum Gasteiger partial charge on any atom is 0.225 e. The number of hydrogen-bond donors (Lipinski definition) is 0. The van der Waals surface area contributed by atoms with Crippen molar-refractivity contribution in [2.45, 2.75) is 32.1 Å². The Hall–Kier alpha value is -0.900. The van der Waals surface area contributed by atoms with Gasteiger partial charge in [-0.05, 0) is 25.7 Å². The van der Waals surface area contributed by atoms with Gasteiger partial charge in [-0.3, -0.25) is 9.59 Å². The SMILES string of the molecule is O=C1[C@H]2CCC[C@H]1CC(C(=O)N1CCOCC1)C2. The summed E-state index contributed by atoms with van der Waals surface area (Å²) >= 11 is 0. The summed E-state index contributed by atoms with van der Waals surface area (Å²) in [7, 11) is 0. The molecule has 0 radical (unpaired) electrons. The minimum absolute atomic E-state index is 0.0936. The van der Waals surface area contributed by atoms with Crippen molar-refractivity contribution in [3.63, 3.8) is 0 Å². The highest BCUT2D eigenvalue weighted by Crippen LogP contribution is 2.40. The molecule has 100 valence electrons. The lowest BCUT2D eigenvalue weighted by Gasteiger charge is -2.39. The lowest BCUT2D eigenvalue weighted by molar-refractivity contribution is -0.146. The van der Waals surface area contributed by atoms with Crippen LogP contribution in [0, 0.1) is 17.8 Å². The first-order valence-corrected chi connectivity index (χ1v) is 7.16. The van der Waals surface area contributed by atoms with E-state index in [4.69, 9.17) is 4.74 Å². The second kappa shape index (κ2) is 5.00. The monoisotopic (exact) mass is 251 g/mol. The fourth-order valence-electron chi connectivity index (χ4n) is 3.72. The minimum atomic E-state index is 0.0936. The summed E-state index contributed by atoms with van der Waals surface area (Å²) in [5.74, 6) is 1.14. The van der Waals surface area contributed by atoms with Gasteiger partial charge in [-0.1, -0.05) is 6.42 Å². The molecule has 1 saturated heterocycles. The molecule has 4 heteroatoms. The Bertz CT molecular complexity index is 333. The molecule has 3 fully saturated rings. The summed E-state index contributed by atoms with van der Waals surface area (Å²) in [6, 6.07) is 0. The standard InChI is InChI=1S/C14H21NO3/c16-13-10-2-1-3-11(13)9-12(8-10)14(17)15-4-6-18-7-5-15/h10-12H,1-9H2/t10-,11-/m0/s1. The van der Waals surface area contributed by atoms with Gasteiger partial charge in [0, 0.05) is 30.8 Å². The Labute approximate surface area is 108 Å². The number of ketones is 1. The van der Waals surface area contributed by atoms with Crippen LogP contribution in [0.2, 0.25) is 0 Å². The van der Waals surface area contributed by atoms with Gasteiger partial charge in [0.05, 0.1) is 13.2 Å². The molecular formula is C14H21NO3. The predicted molar refractivity (Wildman–Crippen MR) is 66.0 cm³/mol. The third kappa shape index (κ3) is 2.18. The Morgan fingerprint density at radius 1 is 1.11 bits per heavy atom. The van der Waals surface area contributed by atoms with E-state index in [9.17, 15) is 9.59 Å². The van der Waals surface area contributed by atoms with Gasteiger partial charge in [0.25, 0.3) is 0 Å². The average Bonchev–Trinajstić information content (AvgIpc) is 2.38. The second-order valence-electron chi connectivity index (χ2n) is 5.83. The van der Waals surface area contributed by atoms with Crippen LogP contribution in [0.25, 0.3) is 0 Å². The molecular weight excluding hydrogens is 230 g/mol. The van der Waals surface area contributed by atoms with Crippen LogP contribution < -0.4 is 0 Å². The molecule has 0 aromatic carbocycles. The van der Waals surface area contributed by atoms with E-state index in [0.717, 1.165) is 38.8 Å². The number of Topliss-reactive ketones (excluding diaryl/α,β-unsaturated/α-hetero) is 1. The normalized spacial score (nSPS) is 36.6. The highest BCUT2D eigenvalue weighted by Gasteiger charge is 2.42. The van der Waals surface area contributed by atoms with Gasteiger partial charge in [-0.25, -0.2) is 0 Å². The lowest BCUT2D eigenvalue weighted by Crippen LogP contribution is -2.47. The van der Waals surface area contributed by atoms with E-state index in [2.05, 4.69) is 0 Å². The van der Waals surface area contributed by atoms with Crippen LogP contribution in [0.5, 0.6) is 0 Å².